The fourth-order valence-electron chi connectivity index (χ4n) is 0.790. The second kappa shape index (κ2) is 3.72. The summed E-state index contributed by atoms with van der Waals surface area (Å²) in [5.41, 5.74) is -0.237. The van der Waals surface area contributed by atoms with Crippen molar-refractivity contribution in [1.29, 1.82) is 0 Å². The Bertz CT molecular complexity index is 383. The molecule has 0 aliphatic carbocycles. The van der Waals surface area contributed by atoms with Gasteiger partial charge in [0.05, 0.1) is 6.54 Å². The molecule has 0 atom stereocenters. The molecule has 2 nitrogen and oxygen atoms in total. The van der Waals surface area contributed by atoms with Gasteiger partial charge in [-0.3, -0.25) is 4.79 Å². The minimum Gasteiger partial charge on any atom is -0.301 e. The molecule has 1 heterocycles. The van der Waals surface area contributed by atoms with E-state index in [1.807, 2.05) is 0 Å². The highest BCUT2D eigenvalue weighted by molar-refractivity contribution is 5.01. The number of halogens is 1. The molecule has 1 aromatic rings. The molecule has 0 radical (unpaired) electrons. The Morgan fingerprint density at radius 1 is 1.58 bits per heavy atom. The van der Waals surface area contributed by atoms with Crippen molar-refractivity contribution < 1.29 is 4.39 Å². The average molecular weight is 165 g/mol. The van der Waals surface area contributed by atoms with E-state index in [1.165, 1.54) is 10.6 Å². The van der Waals surface area contributed by atoms with Crippen molar-refractivity contribution in [2.75, 3.05) is 0 Å². The van der Waals surface area contributed by atoms with E-state index in [0.29, 0.717) is 0 Å². The lowest BCUT2D eigenvalue weighted by molar-refractivity contribution is 0.599. The quantitative estimate of drug-likeness (QED) is 0.569. The van der Waals surface area contributed by atoms with Crippen LogP contribution in [0.15, 0.2) is 23.1 Å². The minimum absolute atomic E-state index is 0.237. The van der Waals surface area contributed by atoms with Gasteiger partial charge in [-0.05, 0) is 13.0 Å². The van der Waals surface area contributed by atoms with Gasteiger partial charge in [-0.15, -0.1) is 5.92 Å². The van der Waals surface area contributed by atoms with Crippen LogP contribution in [0.4, 0.5) is 4.39 Å². The molecule has 0 aromatic carbocycles. The van der Waals surface area contributed by atoms with Crippen molar-refractivity contribution in [2.45, 2.75) is 13.5 Å². The van der Waals surface area contributed by atoms with Gasteiger partial charge in [0, 0.05) is 12.3 Å². The van der Waals surface area contributed by atoms with E-state index in [0.717, 1.165) is 12.3 Å². The van der Waals surface area contributed by atoms with Crippen LogP contribution >= 0.6 is 0 Å². The lowest BCUT2D eigenvalue weighted by Gasteiger charge is -1.98. The average Bonchev–Trinajstić information content (AvgIpc) is 2.07. The number of rotatable bonds is 1. The summed E-state index contributed by atoms with van der Waals surface area (Å²) < 4.78 is 13.8. The summed E-state index contributed by atoms with van der Waals surface area (Å²) in [5.74, 6) is 4.89. The first kappa shape index (κ1) is 8.54. The van der Waals surface area contributed by atoms with Crippen LogP contribution in [0, 0.1) is 17.7 Å². The molecule has 0 saturated carbocycles. The molecule has 3 heteroatoms. The smallest absolute Gasteiger partial charge is 0.251 e. The highest BCUT2D eigenvalue weighted by atomic mass is 19.1. The summed E-state index contributed by atoms with van der Waals surface area (Å²) in [6.07, 6.45) is 1.15. The van der Waals surface area contributed by atoms with E-state index in [2.05, 4.69) is 11.8 Å². The molecule has 0 saturated heterocycles. The fourth-order valence-corrected chi connectivity index (χ4v) is 0.790. The Morgan fingerprint density at radius 3 is 3.00 bits per heavy atom. The number of pyridine rings is 1. The number of hydrogen-bond donors (Lipinski definition) is 0. The number of aromatic nitrogens is 1. The summed E-state index contributed by atoms with van der Waals surface area (Å²) in [6, 6.07) is 2.32. The van der Waals surface area contributed by atoms with Crippen LogP contribution in [0.25, 0.3) is 0 Å². The van der Waals surface area contributed by atoms with Crippen LogP contribution < -0.4 is 5.56 Å². The molecule has 0 unspecified atom stereocenters. The van der Waals surface area contributed by atoms with Crippen molar-refractivity contribution in [3.05, 3.63) is 34.5 Å². The van der Waals surface area contributed by atoms with Gasteiger partial charge in [-0.1, -0.05) is 5.92 Å². The predicted molar refractivity (Wildman–Crippen MR) is 44.1 cm³/mol. The third-order valence-electron chi connectivity index (χ3n) is 1.37. The lowest BCUT2D eigenvalue weighted by atomic mass is 10.4. The predicted octanol–water partition coefficient (Wildman–Crippen LogP) is 1.01. The Labute approximate surface area is 69.6 Å². The van der Waals surface area contributed by atoms with Gasteiger partial charge >= 0.3 is 0 Å². The number of nitrogens with zero attached hydrogens (tertiary/aromatic N) is 1. The molecule has 1 rings (SSSR count). The minimum atomic E-state index is -0.424. The van der Waals surface area contributed by atoms with Crippen LogP contribution in [-0.2, 0) is 6.54 Å². The molecule has 0 spiro atoms. The van der Waals surface area contributed by atoms with Gasteiger partial charge in [0.15, 0.2) is 0 Å². The molecule has 62 valence electrons. The maximum absolute atomic E-state index is 12.6. The highest BCUT2D eigenvalue weighted by Crippen LogP contribution is 1.90. The Kier molecular flexibility index (Phi) is 2.65. The van der Waals surface area contributed by atoms with Gasteiger partial charge < -0.3 is 4.57 Å². The lowest BCUT2D eigenvalue weighted by Crippen LogP contribution is -2.17. The first-order chi connectivity index (χ1) is 5.74. The second-order valence-electron chi connectivity index (χ2n) is 2.24. The SMILES string of the molecule is CC#CCn1cc(F)ccc1=O. The molecule has 1 aromatic heterocycles. The van der Waals surface area contributed by atoms with E-state index in [1.54, 1.807) is 6.92 Å². The van der Waals surface area contributed by atoms with Gasteiger partial charge in [0.1, 0.15) is 5.82 Å². The highest BCUT2D eigenvalue weighted by Gasteiger charge is 1.94. The maximum atomic E-state index is 12.6. The molecule has 0 N–H and O–H groups in total. The van der Waals surface area contributed by atoms with Gasteiger partial charge in [-0.25, -0.2) is 4.39 Å². The fraction of sp³-hybridized carbons (Fsp3) is 0.222. The van der Waals surface area contributed by atoms with Crippen LogP contribution in [-0.4, -0.2) is 4.57 Å². The van der Waals surface area contributed by atoms with Crippen LogP contribution in [0.2, 0.25) is 0 Å². The zero-order valence-corrected chi connectivity index (χ0v) is 6.67. The van der Waals surface area contributed by atoms with Crippen molar-refractivity contribution in [1.82, 2.24) is 4.57 Å². The molecular formula is C9H8FNO. The van der Waals surface area contributed by atoms with Gasteiger partial charge in [-0.2, -0.15) is 0 Å². The van der Waals surface area contributed by atoms with E-state index >= 15 is 0 Å². The first-order valence-electron chi connectivity index (χ1n) is 3.49. The van der Waals surface area contributed by atoms with Crippen molar-refractivity contribution in [3.63, 3.8) is 0 Å². The molecule has 0 aliphatic heterocycles. The third-order valence-corrected chi connectivity index (χ3v) is 1.37. The molecule has 0 fully saturated rings. The van der Waals surface area contributed by atoms with Crippen LogP contribution in [0.5, 0.6) is 0 Å². The van der Waals surface area contributed by atoms with E-state index in [-0.39, 0.29) is 12.1 Å². The summed E-state index contributed by atoms with van der Waals surface area (Å²) in [4.78, 5) is 11.0. The topological polar surface area (TPSA) is 22.0 Å². The normalized spacial score (nSPS) is 8.83. The number of hydrogen-bond acceptors (Lipinski definition) is 1. The van der Waals surface area contributed by atoms with Crippen LogP contribution in [0.3, 0.4) is 0 Å². The zero-order chi connectivity index (χ0) is 8.97. The summed E-state index contributed by atoms with van der Waals surface area (Å²) in [5, 5.41) is 0. The Balaban J connectivity index is 3.03. The first-order valence-corrected chi connectivity index (χ1v) is 3.49. The summed E-state index contributed by atoms with van der Waals surface area (Å²) in [6.45, 7) is 1.91. The van der Waals surface area contributed by atoms with E-state index < -0.39 is 5.82 Å². The maximum Gasteiger partial charge on any atom is 0.251 e. The molecule has 0 bridgehead atoms. The van der Waals surface area contributed by atoms with Crippen molar-refractivity contribution in [3.8, 4) is 11.8 Å². The summed E-state index contributed by atoms with van der Waals surface area (Å²) in [7, 11) is 0. The molecule has 0 amide bonds. The van der Waals surface area contributed by atoms with Crippen molar-refractivity contribution in [2.24, 2.45) is 0 Å². The van der Waals surface area contributed by atoms with Gasteiger partial charge in [0.25, 0.3) is 5.56 Å². The zero-order valence-electron chi connectivity index (χ0n) is 6.67. The van der Waals surface area contributed by atoms with Crippen molar-refractivity contribution >= 4 is 0 Å². The Hall–Kier alpha value is -1.56. The molecular weight excluding hydrogens is 157 g/mol. The monoisotopic (exact) mass is 165 g/mol. The van der Waals surface area contributed by atoms with E-state index in [9.17, 15) is 9.18 Å². The van der Waals surface area contributed by atoms with E-state index in [4.69, 9.17) is 0 Å². The standard InChI is InChI=1S/C9H8FNO/c1-2-3-6-11-7-8(10)4-5-9(11)12/h4-5,7H,6H2,1H3. The largest absolute Gasteiger partial charge is 0.301 e. The molecule has 0 aliphatic rings. The van der Waals surface area contributed by atoms with Gasteiger partial charge in [0.2, 0.25) is 0 Å². The molecule has 12 heavy (non-hydrogen) atoms. The summed E-state index contributed by atoms with van der Waals surface area (Å²) >= 11 is 0. The van der Waals surface area contributed by atoms with Crippen LogP contribution in [0.1, 0.15) is 6.92 Å². The second-order valence-corrected chi connectivity index (χ2v) is 2.24. The Morgan fingerprint density at radius 2 is 2.33 bits per heavy atom. The third kappa shape index (κ3) is 1.96.